The summed E-state index contributed by atoms with van der Waals surface area (Å²) in [5, 5.41) is 0. The maximum atomic E-state index is 9.32. The van der Waals surface area contributed by atoms with Crippen molar-refractivity contribution in [3.05, 3.63) is 0 Å². The Morgan fingerprint density at radius 3 is 2.00 bits per heavy atom. The lowest BCUT2D eigenvalue weighted by molar-refractivity contribution is 0.612. The maximum absolute atomic E-state index is 9.32. The Balaban J connectivity index is 3.32. The third-order valence-electron chi connectivity index (χ3n) is 0.122. The number of rotatable bonds is 2. The first kappa shape index (κ1) is 6.06. The Labute approximate surface area is 40.3 Å². The van der Waals surface area contributed by atoms with Gasteiger partial charge >= 0.3 is 0 Å². The first-order chi connectivity index (χ1) is 2.77. The zero-order valence-electron chi connectivity index (χ0n) is 2.62. The molecule has 0 rings (SSSR count). The van der Waals surface area contributed by atoms with Gasteiger partial charge in [-0.05, 0) is 0 Å². The molecule has 0 unspecified atom stereocenters. The summed E-state index contributed by atoms with van der Waals surface area (Å²) in [6.07, 6.45) is 0. The van der Waals surface area contributed by atoms with Gasteiger partial charge in [-0.2, -0.15) is 0 Å². The second-order valence-corrected chi connectivity index (χ2v) is 1.95. The van der Waals surface area contributed by atoms with E-state index in [2.05, 4.69) is 0 Å². The molecule has 0 spiro atoms. The Bertz CT molecular complexity index is 95.4. The van der Waals surface area contributed by atoms with Crippen molar-refractivity contribution in [3.63, 3.8) is 0 Å². The van der Waals surface area contributed by atoms with Crippen LogP contribution in [-0.2, 0) is 22.7 Å². The molecule has 4 nitrogen and oxygen atoms in total. The van der Waals surface area contributed by atoms with E-state index in [4.69, 9.17) is 0 Å². The molecule has 6 heteroatoms. The summed E-state index contributed by atoms with van der Waals surface area (Å²) >= 11 is -0.572. The summed E-state index contributed by atoms with van der Waals surface area (Å²) in [5.41, 5.74) is 0. The zero-order chi connectivity index (χ0) is 4.99. The van der Waals surface area contributed by atoms with E-state index < -0.39 is 22.7 Å². The summed E-state index contributed by atoms with van der Waals surface area (Å²) < 4.78 is 29.4. The Morgan fingerprint density at radius 1 is 1.50 bits per heavy atom. The summed E-state index contributed by atoms with van der Waals surface area (Å²) in [6.45, 7) is 0. The number of thiol groups is 2. The topological polar surface area (TPSA) is 63.2 Å². The Kier molecular flexibility index (Phi) is 3.29. The normalized spacial score (nSPS) is 9.50. The van der Waals surface area contributed by atoms with Gasteiger partial charge < -0.3 is 0 Å². The molecule has 0 radical (unpaired) electrons. The fourth-order valence-corrected chi connectivity index (χ4v) is 0.300. The third-order valence-corrected chi connectivity index (χ3v) is 1.10. The predicted octanol–water partition coefficient (Wildman–Crippen LogP) is -2.04. The molecule has 0 aromatic rings. The minimum atomic E-state index is -2.68. The number of hydrogen-bond donors (Lipinski definition) is 3. The SMILES string of the molecule is O=[SH]N[SH](=O)=O. The van der Waals surface area contributed by atoms with Gasteiger partial charge in [-0.3, -0.25) is 0 Å². The minimum Gasteiger partial charge on any atom is -0.245 e. The minimum absolute atomic E-state index is 0.572. The molecule has 0 fully saturated rings. The van der Waals surface area contributed by atoms with E-state index in [1.54, 1.807) is 4.13 Å². The van der Waals surface area contributed by atoms with Crippen molar-refractivity contribution in [1.29, 1.82) is 0 Å². The van der Waals surface area contributed by atoms with Crippen molar-refractivity contribution < 1.29 is 12.6 Å². The fourth-order valence-electron chi connectivity index (χ4n) is 0.0333. The van der Waals surface area contributed by atoms with Gasteiger partial charge in [-0.15, -0.1) is 4.13 Å². The lowest BCUT2D eigenvalue weighted by Gasteiger charge is -1.67. The summed E-state index contributed by atoms with van der Waals surface area (Å²) in [6, 6.07) is 0. The highest BCUT2D eigenvalue weighted by Crippen LogP contribution is 1.40. The van der Waals surface area contributed by atoms with Crippen LogP contribution < -0.4 is 4.13 Å². The average Bonchev–Trinajstić information content (AvgIpc) is 1.35. The average molecular weight is 129 g/mol. The molecule has 0 bridgehead atoms. The molecule has 1 N–H and O–H groups in total. The largest absolute Gasteiger partial charge is 0.245 e. The van der Waals surface area contributed by atoms with Crippen molar-refractivity contribution in [2.45, 2.75) is 0 Å². The highest BCUT2D eigenvalue weighted by atomic mass is 32.2. The Morgan fingerprint density at radius 2 is 2.00 bits per heavy atom. The molecule has 0 saturated heterocycles. The molecular weight excluding hydrogens is 126 g/mol. The van der Waals surface area contributed by atoms with E-state index in [9.17, 15) is 12.6 Å². The molecule has 0 aliphatic heterocycles. The van der Waals surface area contributed by atoms with E-state index in [0.717, 1.165) is 0 Å². The van der Waals surface area contributed by atoms with E-state index in [0.29, 0.717) is 0 Å². The summed E-state index contributed by atoms with van der Waals surface area (Å²) in [7, 11) is -2.68. The van der Waals surface area contributed by atoms with Crippen LogP contribution in [0.5, 0.6) is 0 Å². The number of nitrogens with one attached hydrogen (secondary N) is 1. The van der Waals surface area contributed by atoms with Crippen molar-refractivity contribution in [3.8, 4) is 0 Å². The summed E-state index contributed by atoms with van der Waals surface area (Å²) in [5.74, 6) is 0. The second-order valence-electron chi connectivity index (χ2n) is 0.448. The van der Waals surface area contributed by atoms with Crippen molar-refractivity contribution in [1.82, 2.24) is 4.13 Å². The maximum Gasteiger partial charge on any atom is 0.212 e. The highest BCUT2D eigenvalue weighted by Gasteiger charge is 1.68. The monoisotopic (exact) mass is 129 g/mol. The van der Waals surface area contributed by atoms with E-state index in [1.807, 2.05) is 0 Å². The van der Waals surface area contributed by atoms with Crippen LogP contribution in [0, 0.1) is 0 Å². The van der Waals surface area contributed by atoms with Gasteiger partial charge in [0.05, 0.1) is 11.9 Å². The second kappa shape index (κ2) is 3.26. The molecule has 0 atom stereocenters. The smallest absolute Gasteiger partial charge is 0.212 e. The molecule has 0 aromatic carbocycles. The van der Waals surface area contributed by atoms with Crippen LogP contribution in [0.1, 0.15) is 0 Å². The van der Waals surface area contributed by atoms with Gasteiger partial charge in [-0.1, -0.05) is 0 Å². The molecule has 0 aromatic heterocycles. The van der Waals surface area contributed by atoms with E-state index in [-0.39, 0.29) is 0 Å². The van der Waals surface area contributed by atoms with Gasteiger partial charge in [0.15, 0.2) is 0 Å². The highest BCUT2D eigenvalue weighted by molar-refractivity contribution is 7.83. The van der Waals surface area contributed by atoms with Crippen molar-refractivity contribution >= 4 is 22.7 Å². The van der Waals surface area contributed by atoms with Crippen LogP contribution >= 0.6 is 0 Å². The molecule has 6 heavy (non-hydrogen) atoms. The van der Waals surface area contributed by atoms with Crippen LogP contribution in [-0.4, -0.2) is 12.6 Å². The van der Waals surface area contributed by atoms with Crippen molar-refractivity contribution in [2.75, 3.05) is 0 Å². The first-order valence-electron chi connectivity index (χ1n) is 0.995. The predicted molar refractivity (Wildman–Crippen MR) is 23.0 cm³/mol. The lowest BCUT2D eigenvalue weighted by Crippen LogP contribution is -2.01. The molecular formula is H3NO3S2. The summed E-state index contributed by atoms with van der Waals surface area (Å²) in [4.78, 5) is 0. The third kappa shape index (κ3) is 4.06. The zero-order valence-corrected chi connectivity index (χ0v) is 4.41. The number of hydrogen-bond acceptors (Lipinski definition) is 3. The van der Waals surface area contributed by atoms with Gasteiger partial charge in [-0.25, -0.2) is 12.6 Å². The van der Waals surface area contributed by atoms with Crippen LogP contribution in [0.25, 0.3) is 0 Å². The molecule has 0 amide bonds. The van der Waals surface area contributed by atoms with Crippen LogP contribution in [0.4, 0.5) is 0 Å². The van der Waals surface area contributed by atoms with Crippen LogP contribution in [0.3, 0.4) is 0 Å². The molecule has 0 heterocycles. The first-order valence-corrected chi connectivity index (χ1v) is 2.98. The van der Waals surface area contributed by atoms with Gasteiger partial charge in [0.25, 0.3) is 0 Å². The van der Waals surface area contributed by atoms with E-state index >= 15 is 0 Å². The van der Waals surface area contributed by atoms with Gasteiger partial charge in [0.1, 0.15) is 0 Å². The fraction of sp³-hybridized carbons (Fsp3) is 0. The quantitative estimate of drug-likeness (QED) is 0.376. The molecule has 0 aliphatic carbocycles. The molecule has 0 saturated carbocycles. The van der Waals surface area contributed by atoms with Crippen LogP contribution in [0.15, 0.2) is 0 Å². The Hall–Kier alpha value is 0.0600. The van der Waals surface area contributed by atoms with Crippen molar-refractivity contribution in [2.24, 2.45) is 0 Å². The van der Waals surface area contributed by atoms with Gasteiger partial charge in [0, 0.05) is 0 Å². The van der Waals surface area contributed by atoms with Crippen LogP contribution in [0.2, 0.25) is 0 Å². The molecule has 38 valence electrons. The lowest BCUT2D eigenvalue weighted by atomic mass is 13.9. The molecule has 0 aliphatic rings. The van der Waals surface area contributed by atoms with E-state index in [1.165, 1.54) is 0 Å². The standard InChI is InChI=1S/H3NO3S2/c2-5-1-6(3)4/h5-6H,(H,1,2,3,4). The van der Waals surface area contributed by atoms with Gasteiger partial charge in [0.2, 0.25) is 10.9 Å².